The maximum atomic E-state index is 12.7. The molecule has 1 aliphatic heterocycles. The first-order valence-corrected chi connectivity index (χ1v) is 19.3. The van der Waals surface area contributed by atoms with Gasteiger partial charge in [-0.1, -0.05) is 122 Å². The highest BCUT2D eigenvalue weighted by Crippen LogP contribution is 2.22. The van der Waals surface area contributed by atoms with Gasteiger partial charge < -0.3 is 39.4 Å². The first-order valence-electron chi connectivity index (χ1n) is 19.3. The number of aliphatic hydroxyl groups excluding tert-OH is 4. The number of rotatable bonds is 31. The second-order valence-corrected chi connectivity index (χ2v) is 13.4. The molecule has 10 heteroatoms. The van der Waals surface area contributed by atoms with Crippen LogP contribution in [0.2, 0.25) is 0 Å². The fourth-order valence-electron chi connectivity index (χ4n) is 5.77. The monoisotopic (exact) mass is 686 g/mol. The third-order valence-corrected chi connectivity index (χ3v) is 8.90. The van der Waals surface area contributed by atoms with Gasteiger partial charge in [-0.3, -0.25) is 9.59 Å². The number of ether oxygens (including phenoxy) is 4. The Morgan fingerprint density at radius 1 is 0.625 bits per heavy atom. The van der Waals surface area contributed by atoms with Crippen LogP contribution >= 0.6 is 0 Å². The molecule has 10 nitrogen and oxygen atoms in total. The molecule has 0 aromatic heterocycles. The number of carbonyl (C=O) groups excluding carboxylic acids is 2. The van der Waals surface area contributed by atoms with Crippen LogP contribution in [-0.2, 0) is 28.5 Å². The molecule has 0 amide bonds. The summed E-state index contributed by atoms with van der Waals surface area (Å²) in [6.45, 7) is 3.37. The standard InChI is InChI=1S/C38H70O10/c1-3-5-7-9-11-13-15-16-17-19-21-23-25-27-34(41)47-31(30-46-38-37(44)36(43)35(42)32(28-39)48-38)29-45-33(40)26-24-22-20-18-14-12-10-8-6-4-2/h13,15,31-32,35-39,42-44H,3-12,14,16-30H2,1-2H3/b15-13+/t31-,32-,35+,36?,37?,38-/m1/s1. The molecule has 0 aromatic carbocycles. The van der Waals surface area contributed by atoms with Gasteiger partial charge >= 0.3 is 11.9 Å². The molecule has 0 bridgehead atoms. The molecule has 1 rings (SSSR count). The minimum atomic E-state index is -1.59. The summed E-state index contributed by atoms with van der Waals surface area (Å²) < 4.78 is 22.0. The Morgan fingerprint density at radius 2 is 1.10 bits per heavy atom. The van der Waals surface area contributed by atoms with Crippen LogP contribution in [-0.4, -0.2) is 89.0 Å². The fourth-order valence-corrected chi connectivity index (χ4v) is 5.77. The minimum absolute atomic E-state index is 0.216. The third kappa shape index (κ3) is 22.2. The van der Waals surface area contributed by atoms with Crippen molar-refractivity contribution in [2.24, 2.45) is 0 Å². The lowest BCUT2D eigenvalue weighted by Crippen LogP contribution is -2.59. The lowest BCUT2D eigenvalue weighted by Gasteiger charge is -2.39. The van der Waals surface area contributed by atoms with Crippen molar-refractivity contribution in [2.75, 3.05) is 19.8 Å². The van der Waals surface area contributed by atoms with Gasteiger partial charge in [0, 0.05) is 12.8 Å². The van der Waals surface area contributed by atoms with E-state index in [1.165, 1.54) is 70.6 Å². The first-order chi connectivity index (χ1) is 23.3. The van der Waals surface area contributed by atoms with E-state index in [4.69, 9.17) is 18.9 Å². The molecule has 48 heavy (non-hydrogen) atoms. The summed E-state index contributed by atoms with van der Waals surface area (Å²) in [4.78, 5) is 25.1. The predicted molar refractivity (Wildman–Crippen MR) is 187 cm³/mol. The van der Waals surface area contributed by atoms with Crippen molar-refractivity contribution in [3.8, 4) is 0 Å². The van der Waals surface area contributed by atoms with E-state index in [1.54, 1.807) is 0 Å². The Balaban J connectivity index is 2.41. The average molecular weight is 687 g/mol. The van der Waals surface area contributed by atoms with E-state index in [9.17, 15) is 30.0 Å². The molecule has 2 unspecified atom stereocenters. The van der Waals surface area contributed by atoms with Crippen molar-refractivity contribution in [1.29, 1.82) is 0 Å². The van der Waals surface area contributed by atoms with Crippen LogP contribution in [0.3, 0.4) is 0 Å². The molecule has 0 aliphatic carbocycles. The molecule has 1 saturated heterocycles. The highest BCUT2D eigenvalue weighted by molar-refractivity contribution is 5.70. The molecule has 0 saturated carbocycles. The zero-order chi connectivity index (χ0) is 35.2. The van der Waals surface area contributed by atoms with E-state index in [1.807, 2.05) is 0 Å². The van der Waals surface area contributed by atoms with E-state index in [2.05, 4.69) is 26.0 Å². The largest absolute Gasteiger partial charge is 0.462 e. The van der Waals surface area contributed by atoms with Crippen molar-refractivity contribution >= 4 is 11.9 Å². The van der Waals surface area contributed by atoms with Gasteiger partial charge in [-0.25, -0.2) is 0 Å². The van der Waals surface area contributed by atoms with E-state index in [0.717, 1.165) is 57.8 Å². The maximum absolute atomic E-state index is 12.7. The smallest absolute Gasteiger partial charge is 0.306 e. The lowest BCUT2D eigenvalue weighted by atomic mass is 9.99. The van der Waals surface area contributed by atoms with Crippen LogP contribution in [0.5, 0.6) is 0 Å². The van der Waals surface area contributed by atoms with Crippen molar-refractivity contribution in [3.63, 3.8) is 0 Å². The van der Waals surface area contributed by atoms with Crippen molar-refractivity contribution < 1.29 is 49.0 Å². The Labute approximate surface area is 291 Å². The van der Waals surface area contributed by atoms with E-state index < -0.39 is 49.4 Å². The predicted octanol–water partition coefficient (Wildman–Crippen LogP) is 6.83. The highest BCUT2D eigenvalue weighted by atomic mass is 16.7. The fraction of sp³-hybridized carbons (Fsp3) is 0.895. The second-order valence-electron chi connectivity index (χ2n) is 13.4. The summed E-state index contributed by atoms with van der Waals surface area (Å²) in [6.07, 6.45) is 20.8. The van der Waals surface area contributed by atoms with Crippen LogP contribution < -0.4 is 0 Å². The zero-order valence-electron chi connectivity index (χ0n) is 30.2. The van der Waals surface area contributed by atoms with Gasteiger partial charge in [0.05, 0.1) is 13.2 Å². The summed E-state index contributed by atoms with van der Waals surface area (Å²) >= 11 is 0. The van der Waals surface area contributed by atoms with E-state index >= 15 is 0 Å². The number of hydrogen-bond donors (Lipinski definition) is 4. The summed E-state index contributed by atoms with van der Waals surface area (Å²) in [7, 11) is 0. The third-order valence-electron chi connectivity index (χ3n) is 8.90. The summed E-state index contributed by atoms with van der Waals surface area (Å²) in [5, 5.41) is 39.9. The molecular weight excluding hydrogens is 616 g/mol. The number of carbonyl (C=O) groups is 2. The van der Waals surface area contributed by atoms with Gasteiger partial charge in [-0.15, -0.1) is 0 Å². The summed E-state index contributed by atoms with van der Waals surface area (Å²) in [6, 6.07) is 0. The van der Waals surface area contributed by atoms with E-state index in [-0.39, 0.29) is 32.0 Å². The van der Waals surface area contributed by atoms with Crippen LogP contribution in [0.1, 0.15) is 162 Å². The molecule has 0 aromatic rings. The minimum Gasteiger partial charge on any atom is -0.462 e. The van der Waals surface area contributed by atoms with Crippen LogP contribution in [0.25, 0.3) is 0 Å². The van der Waals surface area contributed by atoms with Gasteiger partial charge in [0.2, 0.25) is 0 Å². The summed E-state index contributed by atoms with van der Waals surface area (Å²) in [5.74, 6) is -0.816. The number of hydrogen-bond acceptors (Lipinski definition) is 10. The molecule has 1 fully saturated rings. The van der Waals surface area contributed by atoms with Crippen LogP contribution in [0.15, 0.2) is 12.2 Å². The molecular formula is C38H70O10. The van der Waals surface area contributed by atoms with Gasteiger partial charge in [-0.2, -0.15) is 0 Å². The van der Waals surface area contributed by atoms with Gasteiger partial charge in [-0.05, 0) is 38.5 Å². The topological polar surface area (TPSA) is 152 Å². The Kier molecular flexibility index (Phi) is 28.0. The second kappa shape index (κ2) is 30.3. The normalized spacial score (nSPS) is 21.8. The summed E-state index contributed by atoms with van der Waals surface area (Å²) in [5.41, 5.74) is 0. The Hall–Kier alpha value is -1.56. The Morgan fingerprint density at radius 3 is 1.65 bits per heavy atom. The molecule has 0 spiro atoms. The molecule has 6 atom stereocenters. The number of esters is 2. The molecule has 282 valence electrons. The van der Waals surface area contributed by atoms with E-state index in [0.29, 0.717) is 6.42 Å². The van der Waals surface area contributed by atoms with Gasteiger partial charge in [0.15, 0.2) is 12.4 Å². The highest BCUT2D eigenvalue weighted by Gasteiger charge is 2.44. The Bertz CT molecular complexity index is 804. The molecule has 1 heterocycles. The average Bonchev–Trinajstić information content (AvgIpc) is 3.08. The zero-order valence-corrected chi connectivity index (χ0v) is 30.2. The van der Waals surface area contributed by atoms with Gasteiger partial charge in [0.25, 0.3) is 0 Å². The quantitative estimate of drug-likeness (QED) is 0.0347. The lowest BCUT2D eigenvalue weighted by molar-refractivity contribution is -0.305. The van der Waals surface area contributed by atoms with Crippen molar-refractivity contribution in [1.82, 2.24) is 0 Å². The number of aliphatic hydroxyl groups is 4. The molecule has 0 radical (unpaired) electrons. The molecule has 4 N–H and O–H groups in total. The molecule has 1 aliphatic rings. The SMILES string of the molecule is CCCCCC/C=C/CCCCCCCC(=O)O[C@H](COC(=O)CCCCCCCCCCCC)CO[C@@H]1O[C@H](CO)[C@H](O)C(O)C1O. The maximum Gasteiger partial charge on any atom is 0.306 e. The first kappa shape index (κ1) is 44.5. The number of allylic oxidation sites excluding steroid dienone is 2. The van der Waals surface area contributed by atoms with Gasteiger partial charge in [0.1, 0.15) is 31.0 Å². The van der Waals surface area contributed by atoms with Crippen LogP contribution in [0.4, 0.5) is 0 Å². The van der Waals surface area contributed by atoms with Crippen molar-refractivity contribution in [2.45, 2.75) is 198 Å². The van der Waals surface area contributed by atoms with Crippen LogP contribution in [0, 0.1) is 0 Å². The number of unbranched alkanes of at least 4 members (excludes halogenated alkanes) is 18. The van der Waals surface area contributed by atoms with Crippen molar-refractivity contribution in [3.05, 3.63) is 12.2 Å².